The molecule has 3 rings (SSSR count). The predicted octanol–water partition coefficient (Wildman–Crippen LogP) is 6.23. The van der Waals surface area contributed by atoms with Crippen molar-refractivity contribution >= 4 is 6.16 Å². The number of ether oxygens (including phenoxy) is 3. The summed E-state index contributed by atoms with van der Waals surface area (Å²) in [6.07, 6.45) is 5.00. The first-order valence-electron chi connectivity index (χ1n) is 11.4. The maximum absolute atomic E-state index is 11.5. The molecule has 1 fully saturated rings. The van der Waals surface area contributed by atoms with Gasteiger partial charge >= 0.3 is 6.16 Å². The Kier molecular flexibility index (Phi) is 8.35. The minimum atomic E-state index is -0.886. The first kappa shape index (κ1) is 23.1. The normalized spacial score (nSPS) is 20.8. The van der Waals surface area contributed by atoms with Crippen molar-refractivity contribution in [3.8, 4) is 16.9 Å². The number of unbranched alkanes of at least 4 members (excludes halogenated alkanes) is 2. The van der Waals surface area contributed by atoms with Gasteiger partial charge in [-0.15, -0.1) is 0 Å². The van der Waals surface area contributed by atoms with Gasteiger partial charge in [-0.2, -0.15) is 0 Å². The van der Waals surface area contributed by atoms with Crippen LogP contribution in [0.3, 0.4) is 0 Å². The van der Waals surface area contributed by atoms with Crippen LogP contribution in [0.25, 0.3) is 11.1 Å². The highest BCUT2D eigenvalue weighted by atomic mass is 16.7. The quantitative estimate of drug-likeness (QED) is 0.380. The van der Waals surface area contributed by atoms with Crippen LogP contribution in [-0.4, -0.2) is 30.6 Å². The molecule has 0 saturated heterocycles. The van der Waals surface area contributed by atoms with Crippen molar-refractivity contribution in [2.75, 3.05) is 13.2 Å². The van der Waals surface area contributed by atoms with Crippen molar-refractivity contribution in [3.63, 3.8) is 0 Å². The molecule has 0 unspecified atom stereocenters. The molecule has 0 atom stereocenters. The number of carbonyl (C=O) groups excluding carboxylic acids is 1. The lowest BCUT2D eigenvalue weighted by molar-refractivity contribution is -0.0530. The molecule has 5 heteroatoms. The summed E-state index contributed by atoms with van der Waals surface area (Å²) in [5.74, 6) is 0.896. The number of aliphatic hydroxyl groups is 1. The molecule has 0 spiro atoms. The third kappa shape index (κ3) is 6.47. The van der Waals surface area contributed by atoms with E-state index in [0.717, 1.165) is 35.5 Å². The summed E-state index contributed by atoms with van der Waals surface area (Å²) in [5, 5.41) is 11.1. The molecular weight excluding hydrogens is 392 g/mol. The van der Waals surface area contributed by atoms with Crippen molar-refractivity contribution in [3.05, 3.63) is 54.1 Å². The van der Waals surface area contributed by atoms with Gasteiger partial charge in [0, 0.05) is 0 Å². The third-order valence-corrected chi connectivity index (χ3v) is 5.91. The van der Waals surface area contributed by atoms with Gasteiger partial charge in [0.2, 0.25) is 0 Å². The summed E-state index contributed by atoms with van der Waals surface area (Å²) in [5.41, 5.74) is 2.24. The number of hydrogen-bond acceptors (Lipinski definition) is 5. The maximum atomic E-state index is 11.5. The monoisotopic (exact) mass is 426 g/mol. The molecule has 1 aliphatic carbocycles. The minimum absolute atomic E-state index is 0.193. The van der Waals surface area contributed by atoms with Crippen LogP contribution in [-0.2, 0) is 15.1 Å². The van der Waals surface area contributed by atoms with Gasteiger partial charge in [0.15, 0.2) is 0 Å². The molecule has 0 radical (unpaired) electrons. The number of benzene rings is 2. The predicted molar refractivity (Wildman–Crippen MR) is 121 cm³/mol. The first-order chi connectivity index (χ1) is 15.0. The van der Waals surface area contributed by atoms with Crippen molar-refractivity contribution in [2.45, 2.75) is 70.5 Å². The highest BCUT2D eigenvalue weighted by Gasteiger charge is 2.36. The van der Waals surface area contributed by atoms with Crippen LogP contribution in [0.4, 0.5) is 4.79 Å². The van der Waals surface area contributed by atoms with E-state index in [0.29, 0.717) is 32.3 Å². The Morgan fingerprint density at radius 1 is 0.968 bits per heavy atom. The molecule has 0 bridgehead atoms. The van der Waals surface area contributed by atoms with E-state index in [2.05, 4.69) is 19.1 Å². The van der Waals surface area contributed by atoms with E-state index in [1.165, 1.54) is 12.8 Å². The molecule has 5 nitrogen and oxygen atoms in total. The second kappa shape index (κ2) is 11.2. The van der Waals surface area contributed by atoms with Gasteiger partial charge < -0.3 is 19.3 Å². The van der Waals surface area contributed by atoms with Gasteiger partial charge in [0.25, 0.3) is 0 Å². The van der Waals surface area contributed by atoms with E-state index >= 15 is 0 Å². The lowest BCUT2D eigenvalue weighted by Crippen LogP contribution is -2.35. The van der Waals surface area contributed by atoms with E-state index < -0.39 is 11.8 Å². The second-order valence-corrected chi connectivity index (χ2v) is 8.19. The molecule has 1 N–H and O–H groups in total. The molecule has 31 heavy (non-hydrogen) atoms. The van der Waals surface area contributed by atoms with Crippen molar-refractivity contribution in [1.82, 2.24) is 0 Å². The minimum Gasteiger partial charge on any atom is -0.494 e. The van der Waals surface area contributed by atoms with Gasteiger partial charge in [-0.1, -0.05) is 56.2 Å². The highest BCUT2D eigenvalue weighted by Crippen LogP contribution is 2.38. The summed E-state index contributed by atoms with van der Waals surface area (Å²) in [7, 11) is 0. The zero-order valence-electron chi connectivity index (χ0n) is 18.6. The summed E-state index contributed by atoms with van der Waals surface area (Å²) in [4.78, 5) is 11.5. The van der Waals surface area contributed by atoms with Gasteiger partial charge in [-0.05, 0) is 67.9 Å². The van der Waals surface area contributed by atoms with E-state index in [4.69, 9.17) is 14.2 Å². The average molecular weight is 427 g/mol. The molecule has 0 aliphatic heterocycles. The van der Waals surface area contributed by atoms with Crippen LogP contribution in [0, 0.1) is 0 Å². The summed E-state index contributed by atoms with van der Waals surface area (Å²) >= 11 is 0. The van der Waals surface area contributed by atoms with E-state index in [1.54, 1.807) is 6.92 Å². The van der Waals surface area contributed by atoms with Gasteiger partial charge in [0.05, 0.1) is 18.8 Å². The number of hydrogen-bond donors (Lipinski definition) is 1. The summed E-state index contributed by atoms with van der Waals surface area (Å²) < 4.78 is 15.9. The Labute approximate surface area is 185 Å². The van der Waals surface area contributed by atoms with Crippen LogP contribution in [0.2, 0.25) is 0 Å². The van der Waals surface area contributed by atoms with Crippen LogP contribution in [0.5, 0.6) is 5.75 Å². The Hall–Kier alpha value is -2.53. The molecule has 0 aromatic heterocycles. The first-order valence-corrected chi connectivity index (χ1v) is 11.4. The zero-order valence-corrected chi connectivity index (χ0v) is 18.6. The van der Waals surface area contributed by atoms with E-state index in [-0.39, 0.29) is 6.10 Å². The topological polar surface area (TPSA) is 65.0 Å². The van der Waals surface area contributed by atoms with Crippen LogP contribution in [0.1, 0.15) is 64.4 Å². The van der Waals surface area contributed by atoms with Crippen molar-refractivity contribution in [2.24, 2.45) is 0 Å². The summed E-state index contributed by atoms with van der Waals surface area (Å²) in [6.45, 7) is 4.99. The fourth-order valence-corrected chi connectivity index (χ4v) is 4.02. The number of carbonyl (C=O) groups is 1. The molecule has 1 saturated carbocycles. The molecule has 0 heterocycles. The average Bonchev–Trinajstić information content (AvgIpc) is 2.79. The number of rotatable bonds is 9. The maximum Gasteiger partial charge on any atom is 0.508 e. The fraction of sp³-hybridized carbons (Fsp3) is 0.500. The molecule has 0 amide bonds. The van der Waals surface area contributed by atoms with E-state index in [1.807, 2.05) is 36.4 Å². The van der Waals surface area contributed by atoms with Crippen LogP contribution >= 0.6 is 0 Å². The Morgan fingerprint density at radius 2 is 1.58 bits per heavy atom. The van der Waals surface area contributed by atoms with Gasteiger partial charge in [0.1, 0.15) is 11.9 Å². The molecule has 2 aromatic carbocycles. The standard InChI is InChI=1S/C26H34O5/c1-3-5-6-19-30-23-13-9-21(10-14-23)20-7-11-22(12-8-20)26(28)17-15-24(16-18-26)31-25(27)29-4-2/h7-14,24,28H,3-6,15-19H2,1-2H3. The Morgan fingerprint density at radius 3 is 2.16 bits per heavy atom. The molecule has 2 aromatic rings. The van der Waals surface area contributed by atoms with Crippen LogP contribution in [0.15, 0.2) is 48.5 Å². The fourth-order valence-electron chi connectivity index (χ4n) is 4.02. The highest BCUT2D eigenvalue weighted by molar-refractivity contribution is 5.64. The summed E-state index contributed by atoms with van der Waals surface area (Å²) in [6, 6.07) is 16.2. The second-order valence-electron chi connectivity index (χ2n) is 8.19. The lowest BCUT2D eigenvalue weighted by Gasteiger charge is -2.36. The van der Waals surface area contributed by atoms with Gasteiger partial charge in [-0.3, -0.25) is 0 Å². The molecule has 168 valence electrons. The smallest absolute Gasteiger partial charge is 0.494 e. The van der Waals surface area contributed by atoms with Crippen LogP contribution < -0.4 is 4.74 Å². The molecule has 1 aliphatic rings. The van der Waals surface area contributed by atoms with E-state index in [9.17, 15) is 9.90 Å². The SMILES string of the molecule is CCCCCOc1ccc(-c2ccc(C3(O)CCC(OC(=O)OCC)CC3)cc2)cc1. The van der Waals surface area contributed by atoms with Crippen molar-refractivity contribution < 1.29 is 24.1 Å². The Balaban J connectivity index is 1.55. The molecular formula is C26H34O5. The Bertz CT molecular complexity index is 805. The van der Waals surface area contributed by atoms with Gasteiger partial charge in [-0.25, -0.2) is 4.79 Å². The largest absolute Gasteiger partial charge is 0.508 e. The lowest BCUT2D eigenvalue weighted by atomic mass is 9.78. The van der Waals surface area contributed by atoms with Crippen molar-refractivity contribution in [1.29, 1.82) is 0 Å². The zero-order chi connectivity index (χ0) is 22.1. The third-order valence-electron chi connectivity index (χ3n) is 5.91.